The third kappa shape index (κ3) is 5.04. The normalized spacial score (nSPS) is 10.4. The van der Waals surface area contributed by atoms with E-state index in [0.717, 1.165) is 11.3 Å². The van der Waals surface area contributed by atoms with Crippen molar-refractivity contribution in [3.63, 3.8) is 0 Å². The molecular formula is C21H21N3O3. The van der Waals surface area contributed by atoms with E-state index in [-0.39, 0.29) is 18.2 Å². The van der Waals surface area contributed by atoms with E-state index in [1.54, 1.807) is 24.3 Å². The van der Waals surface area contributed by atoms with Crippen LogP contribution in [0.3, 0.4) is 0 Å². The van der Waals surface area contributed by atoms with Crippen LogP contribution in [-0.4, -0.2) is 16.8 Å². The summed E-state index contributed by atoms with van der Waals surface area (Å²) in [4.78, 5) is 27.9. The van der Waals surface area contributed by atoms with Crippen molar-refractivity contribution >= 4 is 23.2 Å². The summed E-state index contributed by atoms with van der Waals surface area (Å²) in [6, 6.07) is 16.7. The molecule has 6 nitrogen and oxygen atoms in total. The molecule has 2 N–H and O–H groups in total. The molecule has 0 saturated carbocycles. The lowest BCUT2D eigenvalue weighted by Crippen LogP contribution is -2.13. The lowest BCUT2D eigenvalue weighted by Gasteiger charge is -2.07. The molecule has 0 spiro atoms. The van der Waals surface area contributed by atoms with Crippen molar-refractivity contribution in [2.75, 3.05) is 10.6 Å². The lowest BCUT2D eigenvalue weighted by atomic mass is 10.2. The van der Waals surface area contributed by atoms with Gasteiger partial charge in [-0.15, -0.1) is 0 Å². The number of benzene rings is 2. The molecule has 3 aromatic rings. The van der Waals surface area contributed by atoms with Gasteiger partial charge in [0, 0.05) is 36.7 Å². The first kappa shape index (κ1) is 18.4. The highest BCUT2D eigenvalue weighted by atomic mass is 16.4. The lowest BCUT2D eigenvalue weighted by molar-refractivity contribution is -0.116. The van der Waals surface area contributed by atoms with Gasteiger partial charge in [-0.3, -0.25) is 9.59 Å². The third-order valence-electron chi connectivity index (χ3n) is 3.97. The molecule has 2 aromatic carbocycles. The van der Waals surface area contributed by atoms with Crippen LogP contribution in [-0.2, 0) is 16.0 Å². The molecule has 2 amide bonds. The van der Waals surface area contributed by atoms with E-state index < -0.39 is 0 Å². The van der Waals surface area contributed by atoms with Gasteiger partial charge >= 0.3 is 0 Å². The summed E-state index contributed by atoms with van der Waals surface area (Å²) < 4.78 is 5.72. The molecule has 1 heterocycles. The molecule has 6 heteroatoms. The van der Waals surface area contributed by atoms with Crippen molar-refractivity contribution in [1.82, 2.24) is 4.98 Å². The van der Waals surface area contributed by atoms with Crippen molar-refractivity contribution < 1.29 is 14.0 Å². The van der Waals surface area contributed by atoms with Crippen molar-refractivity contribution in [3.8, 4) is 11.5 Å². The second-order valence-electron chi connectivity index (χ2n) is 6.20. The summed E-state index contributed by atoms with van der Waals surface area (Å²) in [7, 11) is 0. The number of anilines is 2. The van der Waals surface area contributed by atoms with Crippen LogP contribution in [0.2, 0.25) is 0 Å². The van der Waals surface area contributed by atoms with Gasteiger partial charge in [-0.2, -0.15) is 0 Å². The minimum absolute atomic E-state index is 0.126. The number of carbonyl (C=O) groups is 2. The van der Waals surface area contributed by atoms with Gasteiger partial charge in [-0.05, 0) is 37.3 Å². The summed E-state index contributed by atoms with van der Waals surface area (Å²) in [5.74, 6) is 0.994. The highest BCUT2D eigenvalue weighted by molar-refractivity contribution is 5.93. The molecule has 138 valence electrons. The van der Waals surface area contributed by atoms with Crippen LogP contribution in [0.5, 0.6) is 0 Å². The smallest absolute Gasteiger partial charge is 0.226 e. The quantitative estimate of drug-likeness (QED) is 0.688. The number of rotatable bonds is 6. The Balaban J connectivity index is 1.60. The molecular weight excluding hydrogens is 342 g/mol. The van der Waals surface area contributed by atoms with Crippen LogP contribution >= 0.6 is 0 Å². The average Bonchev–Trinajstić information content (AvgIpc) is 3.01. The van der Waals surface area contributed by atoms with Crippen LogP contribution < -0.4 is 10.6 Å². The van der Waals surface area contributed by atoms with Gasteiger partial charge in [-0.1, -0.05) is 24.3 Å². The molecule has 0 aliphatic rings. The number of nitrogens with one attached hydrogen (secondary N) is 2. The van der Waals surface area contributed by atoms with Crippen LogP contribution in [0.25, 0.3) is 11.5 Å². The van der Waals surface area contributed by atoms with E-state index in [4.69, 9.17) is 4.42 Å². The van der Waals surface area contributed by atoms with Gasteiger partial charge < -0.3 is 15.1 Å². The molecule has 0 aliphatic heterocycles. The number of oxazole rings is 1. The van der Waals surface area contributed by atoms with Crippen LogP contribution in [0.4, 0.5) is 11.4 Å². The Hall–Kier alpha value is -3.41. The van der Waals surface area contributed by atoms with E-state index in [0.29, 0.717) is 29.4 Å². The summed E-state index contributed by atoms with van der Waals surface area (Å²) in [5.41, 5.74) is 2.95. The Morgan fingerprint density at radius 2 is 1.70 bits per heavy atom. The second-order valence-corrected chi connectivity index (χ2v) is 6.20. The molecule has 0 bridgehead atoms. The van der Waals surface area contributed by atoms with Gasteiger partial charge in [0.25, 0.3) is 0 Å². The Labute approximate surface area is 157 Å². The molecule has 3 rings (SSSR count). The minimum atomic E-state index is -0.158. The fourth-order valence-electron chi connectivity index (χ4n) is 2.70. The maximum Gasteiger partial charge on any atom is 0.226 e. The predicted molar refractivity (Wildman–Crippen MR) is 104 cm³/mol. The molecule has 0 aliphatic carbocycles. The molecule has 0 unspecified atom stereocenters. The Bertz CT molecular complexity index is 948. The predicted octanol–water partition coefficient (Wildman–Crippen LogP) is 4.18. The van der Waals surface area contributed by atoms with Gasteiger partial charge in [0.1, 0.15) is 5.76 Å². The summed E-state index contributed by atoms with van der Waals surface area (Å²) in [6.45, 7) is 3.29. The SMILES string of the molecule is CC(=O)Nc1cccc(NC(=O)CCc2nc(-c3ccccc3)oc2C)c1. The number of carbonyl (C=O) groups excluding carboxylic acids is 2. The van der Waals surface area contributed by atoms with Gasteiger partial charge in [0.2, 0.25) is 17.7 Å². The molecule has 0 radical (unpaired) electrons. The van der Waals surface area contributed by atoms with Gasteiger partial charge in [0.15, 0.2) is 0 Å². The van der Waals surface area contributed by atoms with E-state index >= 15 is 0 Å². The minimum Gasteiger partial charge on any atom is -0.441 e. The number of aromatic nitrogens is 1. The Morgan fingerprint density at radius 1 is 1.00 bits per heavy atom. The Kier molecular flexibility index (Phi) is 5.66. The van der Waals surface area contributed by atoms with E-state index in [2.05, 4.69) is 15.6 Å². The molecule has 1 aromatic heterocycles. The van der Waals surface area contributed by atoms with Crippen molar-refractivity contribution in [2.24, 2.45) is 0 Å². The van der Waals surface area contributed by atoms with Crippen LogP contribution in [0.1, 0.15) is 24.8 Å². The van der Waals surface area contributed by atoms with Crippen molar-refractivity contribution in [1.29, 1.82) is 0 Å². The van der Waals surface area contributed by atoms with E-state index in [1.165, 1.54) is 6.92 Å². The fraction of sp³-hybridized carbons (Fsp3) is 0.190. The number of nitrogens with zero attached hydrogens (tertiary/aromatic N) is 1. The number of hydrogen-bond acceptors (Lipinski definition) is 4. The zero-order valence-corrected chi connectivity index (χ0v) is 15.3. The monoisotopic (exact) mass is 363 g/mol. The average molecular weight is 363 g/mol. The zero-order chi connectivity index (χ0) is 19.2. The molecule has 0 fully saturated rings. The number of aryl methyl sites for hydroxylation is 2. The number of hydrogen-bond donors (Lipinski definition) is 2. The van der Waals surface area contributed by atoms with Crippen molar-refractivity contribution in [2.45, 2.75) is 26.7 Å². The highest BCUT2D eigenvalue weighted by Gasteiger charge is 2.13. The Morgan fingerprint density at radius 3 is 2.41 bits per heavy atom. The maximum absolute atomic E-state index is 12.3. The van der Waals surface area contributed by atoms with Crippen LogP contribution in [0, 0.1) is 6.92 Å². The largest absolute Gasteiger partial charge is 0.441 e. The summed E-state index contributed by atoms with van der Waals surface area (Å²) in [5, 5.41) is 5.52. The molecule has 0 atom stereocenters. The first-order valence-electron chi connectivity index (χ1n) is 8.70. The first-order chi connectivity index (χ1) is 13.0. The standard InChI is InChI=1S/C21H21N3O3/c1-14-19(24-21(27-14)16-7-4-3-5-8-16)11-12-20(26)23-18-10-6-9-17(13-18)22-15(2)25/h3-10,13H,11-12H2,1-2H3,(H,22,25)(H,23,26). The second kappa shape index (κ2) is 8.31. The zero-order valence-electron chi connectivity index (χ0n) is 15.3. The summed E-state index contributed by atoms with van der Waals surface area (Å²) >= 11 is 0. The highest BCUT2D eigenvalue weighted by Crippen LogP contribution is 2.22. The summed E-state index contributed by atoms with van der Waals surface area (Å²) in [6.07, 6.45) is 0.769. The topological polar surface area (TPSA) is 84.2 Å². The van der Waals surface area contributed by atoms with E-state index in [1.807, 2.05) is 37.3 Å². The van der Waals surface area contributed by atoms with Crippen molar-refractivity contribution in [3.05, 3.63) is 66.1 Å². The number of amides is 2. The third-order valence-corrected chi connectivity index (χ3v) is 3.97. The van der Waals surface area contributed by atoms with Gasteiger partial charge in [0.05, 0.1) is 5.69 Å². The maximum atomic E-state index is 12.3. The fourth-order valence-corrected chi connectivity index (χ4v) is 2.70. The van der Waals surface area contributed by atoms with Crippen LogP contribution in [0.15, 0.2) is 59.0 Å². The molecule has 0 saturated heterocycles. The molecule has 27 heavy (non-hydrogen) atoms. The van der Waals surface area contributed by atoms with Gasteiger partial charge in [-0.25, -0.2) is 4.98 Å². The van der Waals surface area contributed by atoms with E-state index in [9.17, 15) is 9.59 Å². The first-order valence-corrected chi connectivity index (χ1v) is 8.70.